The SMILES string of the molecule is c1ccc(CN2CC3(CCCC3)NCC23CCCC3)nc1. The fraction of sp³-hybridized carbons (Fsp3) is 0.722. The van der Waals surface area contributed by atoms with Gasteiger partial charge >= 0.3 is 0 Å². The van der Waals surface area contributed by atoms with E-state index in [1.54, 1.807) is 0 Å². The molecule has 1 saturated heterocycles. The summed E-state index contributed by atoms with van der Waals surface area (Å²) in [6.45, 7) is 3.45. The van der Waals surface area contributed by atoms with Crippen molar-refractivity contribution in [1.82, 2.24) is 15.2 Å². The van der Waals surface area contributed by atoms with Gasteiger partial charge in [0.2, 0.25) is 0 Å². The topological polar surface area (TPSA) is 28.2 Å². The molecule has 0 unspecified atom stereocenters. The molecule has 114 valence electrons. The minimum Gasteiger partial charge on any atom is -0.308 e. The molecule has 3 heteroatoms. The minimum absolute atomic E-state index is 0.405. The van der Waals surface area contributed by atoms with Gasteiger partial charge in [0.05, 0.1) is 5.69 Å². The van der Waals surface area contributed by atoms with Crippen LogP contribution in [0.15, 0.2) is 24.4 Å². The van der Waals surface area contributed by atoms with Crippen LogP contribution in [0, 0.1) is 0 Å². The second-order valence-electron chi connectivity index (χ2n) is 7.45. The van der Waals surface area contributed by atoms with Gasteiger partial charge in [0.1, 0.15) is 0 Å². The fourth-order valence-electron chi connectivity index (χ4n) is 4.88. The lowest BCUT2D eigenvalue weighted by Gasteiger charge is -2.52. The molecule has 0 radical (unpaired) electrons. The van der Waals surface area contributed by atoms with Crippen LogP contribution < -0.4 is 5.32 Å². The van der Waals surface area contributed by atoms with E-state index in [4.69, 9.17) is 0 Å². The Labute approximate surface area is 128 Å². The fourth-order valence-corrected chi connectivity index (χ4v) is 4.88. The normalized spacial score (nSPS) is 27.6. The van der Waals surface area contributed by atoms with Crippen molar-refractivity contribution in [3.05, 3.63) is 30.1 Å². The summed E-state index contributed by atoms with van der Waals surface area (Å²) in [6.07, 6.45) is 13.0. The highest BCUT2D eigenvalue weighted by Crippen LogP contribution is 2.43. The minimum atomic E-state index is 0.405. The maximum atomic E-state index is 4.58. The highest BCUT2D eigenvalue weighted by atomic mass is 15.3. The number of hydrogen-bond donors (Lipinski definition) is 1. The maximum Gasteiger partial charge on any atom is 0.0544 e. The number of nitrogens with zero attached hydrogens (tertiary/aromatic N) is 2. The lowest BCUT2D eigenvalue weighted by Crippen LogP contribution is -2.68. The van der Waals surface area contributed by atoms with Gasteiger partial charge in [-0.1, -0.05) is 31.7 Å². The van der Waals surface area contributed by atoms with Crippen LogP contribution in [0.4, 0.5) is 0 Å². The van der Waals surface area contributed by atoms with E-state index in [1.807, 2.05) is 12.3 Å². The van der Waals surface area contributed by atoms with E-state index in [1.165, 1.54) is 70.2 Å². The van der Waals surface area contributed by atoms with Crippen LogP contribution in [0.25, 0.3) is 0 Å². The Morgan fingerprint density at radius 1 is 1.05 bits per heavy atom. The average Bonchev–Trinajstić information content (AvgIpc) is 3.15. The standard InChI is InChI=1S/C18H27N3/c1-6-12-19-16(7-1)13-21-15-17(8-2-3-9-17)20-14-18(21)10-4-5-11-18/h1,6-7,12,20H,2-5,8-11,13-15H2. The first-order valence-electron chi connectivity index (χ1n) is 8.70. The number of hydrogen-bond acceptors (Lipinski definition) is 3. The van der Waals surface area contributed by atoms with Crippen LogP contribution in [0.3, 0.4) is 0 Å². The summed E-state index contributed by atoms with van der Waals surface area (Å²) in [6, 6.07) is 6.33. The van der Waals surface area contributed by atoms with Crippen LogP contribution in [0.5, 0.6) is 0 Å². The number of nitrogens with one attached hydrogen (secondary N) is 1. The smallest absolute Gasteiger partial charge is 0.0544 e. The molecule has 3 fully saturated rings. The van der Waals surface area contributed by atoms with Crippen molar-refractivity contribution >= 4 is 0 Å². The van der Waals surface area contributed by atoms with E-state index in [2.05, 4.69) is 27.3 Å². The Morgan fingerprint density at radius 2 is 1.81 bits per heavy atom. The van der Waals surface area contributed by atoms with Crippen LogP contribution in [0.2, 0.25) is 0 Å². The molecule has 2 spiro atoms. The molecule has 0 aromatic carbocycles. The monoisotopic (exact) mass is 285 g/mol. The summed E-state index contributed by atoms with van der Waals surface area (Å²) in [5.41, 5.74) is 2.05. The molecular weight excluding hydrogens is 258 g/mol. The molecule has 3 nitrogen and oxygen atoms in total. The zero-order chi connectivity index (χ0) is 14.2. The lowest BCUT2D eigenvalue weighted by atomic mass is 9.84. The Bertz CT molecular complexity index is 472. The van der Waals surface area contributed by atoms with Gasteiger partial charge in [0.25, 0.3) is 0 Å². The molecule has 2 saturated carbocycles. The predicted octanol–water partition coefficient (Wildman–Crippen LogP) is 3.11. The first-order valence-corrected chi connectivity index (χ1v) is 8.70. The highest BCUT2D eigenvalue weighted by Gasteiger charge is 2.49. The first kappa shape index (κ1) is 13.7. The van der Waals surface area contributed by atoms with Crippen molar-refractivity contribution in [3.8, 4) is 0 Å². The third kappa shape index (κ3) is 2.51. The van der Waals surface area contributed by atoms with Crippen molar-refractivity contribution in [2.45, 2.75) is 69.0 Å². The van der Waals surface area contributed by atoms with E-state index in [0.29, 0.717) is 11.1 Å². The number of pyridine rings is 1. The largest absolute Gasteiger partial charge is 0.308 e. The van der Waals surface area contributed by atoms with Crippen LogP contribution in [-0.4, -0.2) is 34.1 Å². The van der Waals surface area contributed by atoms with Crippen LogP contribution in [-0.2, 0) is 6.54 Å². The molecule has 1 N–H and O–H groups in total. The molecule has 4 rings (SSSR count). The van der Waals surface area contributed by atoms with Crippen LogP contribution >= 0.6 is 0 Å². The Hall–Kier alpha value is -0.930. The summed E-state index contributed by atoms with van der Waals surface area (Å²) < 4.78 is 0. The van der Waals surface area contributed by atoms with E-state index in [9.17, 15) is 0 Å². The summed E-state index contributed by atoms with van der Waals surface area (Å²) in [5.74, 6) is 0. The number of aromatic nitrogens is 1. The number of piperazine rings is 1. The summed E-state index contributed by atoms with van der Waals surface area (Å²) in [5, 5.41) is 3.98. The van der Waals surface area contributed by atoms with E-state index < -0.39 is 0 Å². The van der Waals surface area contributed by atoms with E-state index in [-0.39, 0.29) is 0 Å². The molecule has 0 amide bonds. The summed E-state index contributed by atoms with van der Waals surface area (Å²) in [7, 11) is 0. The van der Waals surface area contributed by atoms with Gasteiger partial charge in [-0.2, -0.15) is 0 Å². The van der Waals surface area contributed by atoms with Gasteiger partial charge in [-0.05, 0) is 37.8 Å². The number of rotatable bonds is 2. The highest BCUT2D eigenvalue weighted by molar-refractivity contribution is 5.11. The Balaban J connectivity index is 1.58. The molecular formula is C18H27N3. The predicted molar refractivity (Wildman–Crippen MR) is 85.0 cm³/mol. The molecule has 1 aromatic rings. The Morgan fingerprint density at radius 3 is 2.52 bits per heavy atom. The Kier molecular flexibility index (Phi) is 3.50. The van der Waals surface area contributed by atoms with Gasteiger partial charge in [0.15, 0.2) is 0 Å². The molecule has 1 aromatic heterocycles. The van der Waals surface area contributed by atoms with Gasteiger partial charge in [-0.3, -0.25) is 9.88 Å². The molecule has 3 aliphatic rings. The van der Waals surface area contributed by atoms with Crippen molar-refractivity contribution < 1.29 is 0 Å². The summed E-state index contributed by atoms with van der Waals surface area (Å²) >= 11 is 0. The average molecular weight is 285 g/mol. The second-order valence-corrected chi connectivity index (χ2v) is 7.45. The zero-order valence-corrected chi connectivity index (χ0v) is 13.0. The summed E-state index contributed by atoms with van der Waals surface area (Å²) in [4.78, 5) is 7.38. The molecule has 2 heterocycles. The first-order chi connectivity index (χ1) is 10.3. The van der Waals surface area contributed by atoms with E-state index in [0.717, 1.165) is 6.54 Å². The lowest BCUT2D eigenvalue weighted by molar-refractivity contribution is 0.00190. The zero-order valence-electron chi connectivity index (χ0n) is 13.0. The van der Waals surface area contributed by atoms with Gasteiger partial charge in [0, 0.05) is 36.9 Å². The molecule has 1 aliphatic heterocycles. The van der Waals surface area contributed by atoms with Crippen molar-refractivity contribution in [2.24, 2.45) is 0 Å². The van der Waals surface area contributed by atoms with E-state index >= 15 is 0 Å². The third-order valence-corrected chi connectivity index (χ3v) is 6.13. The second kappa shape index (κ2) is 5.36. The quantitative estimate of drug-likeness (QED) is 0.905. The maximum absolute atomic E-state index is 4.58. The van der Waals surface area contributed by atoms with Crippen molar-refractivity contribution in [3.63, 3.8) is 0 Å². The van der Waals surface area contributed by atoms with Gasteiger partial charge in [-0.25, -0.2) is 0 Å². The molecule has 21 heavy (non-hydrogen) atoms. The molecule has 2 aliphatic carbocycles. The van der Waals surface area contributed by atoms with Gasteiger partial charge < -0.3 is 5.32 Å². The molecule has 0 atom stereocenters. The molecule has 0 bridgehead atoms. The van der Waals surface area contributed by atoms with Gasteiger partial charge in [-0.15, -0.1) is 0 Å². The van der Waals surface area contributed by atoms with Crippen LogP contribution in [0.1, 0.15) is 57.1 Å². The van der Waals surface area contributed by atoms with Crippen molar-refractivity contribution in [2.75, 3.05) is 13.1 Å². The third-order valence-electron chi connectivity index (χ3n) is 6.13. The van der Waals surface area contributed by atoms with Crippen molar-refractivity contribution in [1.29, 1.82) is 0 Å².